The second-order valence-corrected chi connectivity index (χ2v) is 0.859. The smallest absolute Gasteiger partial charge is 0.122 e. The van der Waals surface area contributed by atoms with E-state index in [4.69, 9.17) is 28.0 Å². The molecule has 0 aliphatic rings. The van der Waals surface area contributed by atoms with Crippen LogP contribution in [0.2, 0.25) is 0 Å². The van der Waals surface area contributed by atoms with E-state index in [1.54, 1.807) is 0 Å². The lowest BCUT2D eigenvalue weighted by molar-refractivity contribution is -0.0979. The van der Waals surface area contributed by atoms with Gasteiger partial charge in [0, 0.05) is 0 Å². The van der Waals surface area contributed by atoms with Crippen LogP contribution in [-0.4, -0.2) is 18.9 Å². The predicted molar refractivity (Wildman–Crippen MR) is 29.6 cm³/mol. The van der Waals surface area contributed by atoms with Crippen LogP contribution in [-0.2, 0) is 9.53 Å². The highest BCUT2D eigenvalue weighted by atomic mass is 35.5. The minimum atomic E-state index is 0.184. The summed E-state index contributed by atoms with van der Waals surface area (Å²) in [4.78, 5) is 8.00. The Morgan fingerprint density at radius 2 is 1.57 bits per heavy atom. The Bertz CT molecular complexity index is 24.9. The number of rotatable bonds is 2. The Morgan fingerprint density at radius 3 is 1.57 bits per heavy atom. The first-order valence-electron chi connectivity index (χ1n) is 1.40. The SMILES string of the molecule is C=O.ClCOCCl. The third-order valence-corrected chi connectivity index (χ3v) is 0.463. The molecule has 0 saturated carbocycles. The number of ether oxygens (including phenoxy) is 1. The number of carbonyl (C=O) groups is 1. The summed E-state index contributed by atoms with van der Waals surface area (Å²) in [5.74, 6) is 0. The molecular formula is C3H6Cl2O2. The molecule has 0 aliphatic carbocycles. The van der Waals surface area contributed by atoms with Crippen LogP contribution in [0.4, 0.5) is 0 Å². The molecule has 0 aliphatic heterocycles. The average molecular weight is 145 g/mol. The molecule has 0 spiro atoms. The van der Waals surface area contributed by atoms with Gasteiger partial charge in [0.15, 0.2) is 0 Å². The van der Waals surface area contributed by atoms with Crippen molar-refractivity contribution in [2.45, 2.75) is 0 Å². The first-order valence-corrected chi connectivity index (χ1v) is 2.47. The molecule has 0 aromatic heterocycles. The van der Waals surface area contributed by atoms with Gasteiger partial charge in [0.25, 0.3) is 0 Å². The lowest BCUT2D eigenvalue weighted by atomic mass is 11.5. The van der Waals surface area contributed by atoms with E-state index in [1.807, 2.05) is 6.79 Å². The molecule has 44 valence electrons. The van der Waals surface area contributed by atoms with Crippen molar-refractivity contribution in [2.75, 3.05) is 12.1 Å². The Balaban J connectivity index is 0. The summed E-state index contributed by atoms with van der Waals surface area (Å²) < 4.78 is 4.36. The lowest BCUT2D eigenvalue weighted by Crippen LogP contribution is -1.78. The molecule has 0 radical (unpaired) electrons. The van der Waals surface area contributed by atoms with Crippen molar-refractivity contribution in [1.29, 1.82) is 0 Å². The molecule has 0 saturated heterocycles. The highest BCUT2D eigenvalue weighted by molar-refractivity contribution is 6.18. The quantitative estimate of drug-likeness (QED) is 0.546. The summed E-state index contributed by atoms with van der Waals surface area (Å²) in [6.45, 7) is 2.00. The molecule has 0 heterocycles. The summed E-state index contributed by atoms with van der Waals surface area (Å²) in [7, 11) is 0. The Hall–Kier alpha value is 0.210. The molecule has 0 amide bonds. The highest BCUT2D eigenvalue weighted by Gasteiger charge is 1.68. The molecular weight excluding hydrogens is 139 g/mol. The Kier molecular flexibility index (Phi) is 23.9. The van der Waals surface area contributed by atoms with E-state index in [0.717, 1.165) is 0 Å². The maximum atomic E-state index is 8.00. The lowest BCUT2D eigenvalue weighted by Gasteiger charge is -1.82. The molecule has 0 aromatic rings. The minimum Gasteiger partial charge on any atom is -0.350 e. The number of hydrogen-bond acceptors (Lipinski definition) is 2. The maximum absolute atomic E-state index is 8.00. The van der Waals surface area contributed by atoms with Crippen LogP contribution in [0.25, 0.3) is 0 Å². The molecule has 0 aromatic carbocycles. The van der Waals surface area contributed by atoms with Gasteiger partial charge < -0.3 is 9.53 Å². The summed E-state index contributed by atoms with van der Waals surface area (Å²) in [6, 6.07) is 0.368. The van der Waals surface area contributed by atoms with Gasteiger partial charge in [0.2, 0.25) is 0 Å². The number of hydrogen-bond donors (Lipinski definition) is 0. The molecule has 0 atom stereocenters. The summed E-state index contributed by atoms with van der Waals surface area (Å²) >= 11 is 9.99. The fraction of sp³-hybridized carbons (Fsp3) is 0.667. The highest BCUT2D eigenvalue weighted by Crippen LogP contribution is 1.79. The second-order valence-electron chi connectivity index (χ2n) is 0.422. The van der Waals surface area contributed by atoms with Crippen molar-refractivity contribution in [2.24, 2.45) is 0 Å². The zero-order valence-corrected chi connectivity index (χ0v) is 5.21. The van der Waals surface area contributed by atoms with Gasteiger partial charge in [0.1, 0.15) is 18.9 Å². The summed E-state index contributed by atoms with van der Waals surface area (Å²) in [5, 5.41) is 0. The monoisotopic (exact) mass is 144 g/mol. The summed E-state index contributed by atoms with van der Waals surface area (Å²) in [5.41, 5.74) is 0. The Labute approximate surface area is 52.4 Å². The topological polar surface area (TPSA) is 26.3 Å². The molecule has 0 fully saturated rings. The first kappa shape index (κ1) is 10.2. The van der Waals surface area contributed by atoms with Gasteiger partial charge in [-0.1, -0.05) is 23.2 Å². The van der Waals surface area contributed by atoms with Crippen molar-refractivity contribution < 1.29 is 9.53 Å². The molecule has 4 heteroatoms. The number of halogens is 2. The van der Waals surface area contributed by atoms with Gasteiger partial charge in [-0.2, -0.15) is 0 Å². The van der Waals surface area contributed by atoms with Crippen LogP contribution < -0.4 is 0 Å². The van der Waals surface area contributed by atoms with E-state index in [-0.39, 0.29) is 12.1 Å². The normalized spacial score (nSPS) is 6.57. The molecule has 7 heavy (non-hydrogen) atoms. The van der Waals surface area contributed by atoms with Crippen LogP contribution in [0.15, 0.2) is 0 Å². The zero-order valence-electron chi connectivity index (χ0n) is 3.69. The van der Waals surface area contributed by atoms with Gasteiger partial charge in [-0.3, -0.25) is 0 Å². The standard InChI is InChI=1S/C2H4Cl2O.CH2O/c3-1-5-2-4;1-2/h1-2H2;1H2. The second kappa shape index (κ2) is 16.4. The zero-order chi connectivity index (χ0) is 6.12. The van der Waals surface area contributed by atoms with Crippen molar-refractivity contribution in [3.05, 3.63) is 0 Å². The van der Waals surface area contributed by atoms with Crippen molar-refractivity contribution in [3.63, 3.8) is 0 Å². The van der Waals surface area contributed by atoms with Crippen LogP contribution in [0.5, 0.6) is 0 Å². The van der Waals surface area contributed by atoms with E-state index in [9.17, 15) is 0 Å². The van der Waals surface area contributed by atoms with Crippen molar-refractivity contribution in [1.82, 2.24) is 0 Å². The van der Waals surface area contributed by atoms with Gasteiger partial charge in [-0.25, -0.2) is 0 Å². The molecule has 0 N–H and O–H groups in total. The fourth-order valence-electron chi connectivity index (χ4n) is 0.0292. The predicted octanol–water partition coefficient (Wildman–Crippen LogP) is 1.21. The largest absolute Gasteiger partial charge is 0.350 e. The van der Waals surface area contributed by atoms with Crippen LogP contribution in [0.1, 0.15) is 0 Å². The third kappa shape index (κ3) is 22.5. The van der Waals surface area contributed by atoms with Crippen LogP contribution >= 0.6 is 23.2 Å². The molecule has 0 rings (SSSR count). The average Bonchev–Trinajstić information content (AvgIpc) is 1.75. The molecule has 0 unspecified atom stereocenters. The van der Waals surface area contributed by atoms with Gasteiger partial charge >= 0.3 is 0 Å². The van der Waals surface area contributed by atoms with Crippen LogP contribution in [0, 0.1) is 0 Å². The van der Waals surface area contributed by atoms with E-state index in [2.05, 4.69) is 4.74 Å². The number of alkyl halides is 2. The Morgan fingerprint density at radius 1 is 1.29 bits per heavy atom. The van der Waals surface area contributed by atoms with E-state index in [1.165, 1.54) is 0 Å². The van der Waals surface area contributed by atoms with Gasteiger partial charge in [0.05, 0.1) is 0 Å². The number of carbonyl (C=O) groups excluding carboxylic acids is 1. The van der Waals surface area contributed by atoms with Crippen molar-refractivity contribution in [3.8, 4) is 0 Å². The molecule has 0 bridgehead atoms. The molecule has 2 nitrogen and oxygen atoms in total. The van der Waals surface area contributed by atoms with E-state index < -0.39 is 0 Å². The fourth-order valence-corrected chi connectivity index (χ4v) is 0.262. The minimum absolute atomic E-state index is 0.184. The summed E-state index contributed by atoms with van der Waals surface area (Å²) in [6.07, 6.45) is 0. The third-order valence-electron chi connectivity index (χ3n) is 0.154. The first-order chi connectivity index (χ1) is 3.41. The van der Waals surface area contributed by atoms with Gasteiger partial charge in [-0.05, 0) is 0 Å². The van der Waals surface area contributed by atoms with Gasteiger partial charge in [-0.15, -0.1) is 0 Å². The van der Waals surface area contributed by atoms with E-state index in [0.29, 0.717) is 0 Å². The van der Waals surface area contributed by atoms with Crippen LogP contribution in [0.3, 0.4) is 0 Å². The van der Waals surface area contributed by atoms with E-state index >= 15 is 0 Å². The van der Waals surface area contributed by atoms with Crippen molar-refractivity contribution >= 4 is 30.0 Å². The maximum Gasteiger partial charge on any atom is 0.122 e.